The highest BCUT2D eigenvalue weighted by molar-refractivity contribution is 7.89. The Kier molecular flexibility index (Phi) is 12.8. The molecule has 47 heavy (non-hydrogen) atoms. The van der Waals surface area contributed by atoms with Gasteiger partial charge in [0.25, 0.3) is 5.91 Å². The maximum atomic E-state index is 14.1. The quantitative estimate of drug-likeness (QED) is 0.147. The minimum atomic E-state index is -4.00. The van der Waals surface area contributed by atoms with Gasteiger partial charge in [-0.05, 0) is 75.2 Å². The van der Waals surface area contributed by atoms with Crippen molar-refractivity contribution in [3.63, 3.8) is 0 Å². The van der Waals surface area contributed by atoms with Crippen molar-refractivity contribution in [2.24, 2.45) is 5.92 Å². The Morgan fingerprint density at radius 1 is 1.00 bits per heavy atom. The van der Waals surface area contributed by atoms with E-state index in [0.29, 0.717) is 17.7 Å². The summed E-state index contributed by atoms with van der Waals surface area (Å²) in [5.41, 5.74) is 3.45. The zero-order valence-corrected chi connectivity index (χ0v) is 29.7. The number of likely N-dealkylation sites (N-methyl/N-ethyl adjacent to an activating group) is 1. The minimum Gasteiger partial charge on any atom is -0.483 e. The molecule has 10 nitrogen and oxygen atoms in total. The number of thiazole rings is 1. The number of para-hydroxylation sites is 1. The Hall–Kier alpha value is -3.55. The molecule has 0 saturated carbocycles. The normalized spacial score (nSPS) is 13.3. The van der Waals surface area contributed by atoms with Crippen molar-refractivity contribution in [1.29, 1.82) is 0 Å². The molecule has 3 aromatic carbocycles. The van der Waals surface area contributed by atoms with E-state index < -0.39 is 28.1 Å². The number of aromatic nitrogens is 1. The van der Waals surface area contributed by atoms with Crippen molar-refractivity contribution in [2.75, 3.05) is 52.2 Å². The number of hydrogen-bond donors (Lipinski definition) is 3. The third-order valence-corrected chi connectivity index (χ3v) is 10.5. The lowest BCUT2D eigenvalue weighted by atomic mass is 10.0. The van der Waals surface area contributed by atoms with Gasteiger partial charge in [-0.15, -0.1) is 0 Å². The van der Waals surface area contributed by atoms with E-state index in [1.165, 1.54) is 15.6 Å². The molecule has 2 atom stereocenters. The van der Waals surface area contributed by atoms with Crippen LogP contribution in [-0.2, 0) is 21.2 Å². The van der Waals surface area contributed by atoms with Crippen molar-refractivity contribution in [2.45, 2.75) is 51.2 Å². The number of nitrogens with one attached hydrogen (secondary N) is 2. The van der Waals surface area contributed by atoms with Gasteiger partial charge in [0.2, 0.25) is 10.0 Å². The molecule has 0 spiro atoms. The molecule has 0 aliphatic heterocycles. The highest BCUT2D eigenvalue weighted by Crippen LogP contribution is 2.30. The molecule has 4 aromatic rings. The lowest BCUT2D eigenvalue weighted by Crippen LogP contribution is -2.52. The number of aliphatic hydroxyl groups excluding tert-OH is 1. The number of aliphatic hydroxyl groups is 1. The molecule has 0 aliphatic carbocycles. The fourth-order valence-electron chi connectivity index (χ4n) is 5.25. The van der Waals surface area contributed by atoms with Gasteiger partial charge in [0.05, 0.1) is 27.3 Å². The van der Waals surface area contributed by atoms with E-state index in [2.05, 4.69) is 20.5 Å². The van der Waals surface area contributed by atoms with Crippen molar-refractivity contribution in [1.82, 2.24) is 19.5 Å². The summed E-state index contributed by atoms with van der Waals surface area (Å²) in [5.74, 6) is 0.229. The van der Waals surface area contributed by atoms with Gasteiger partial charge in [0.15, 0.2) is 11.7 Å². The van der Waals surface area contributed by atoms with E-state index >= 15 is 0 Å². The molecule has 1 heterocycles. The average molecular weight is 682 g/mol. The van der Waals surface area contributed by atoms with E-state index in [1.54, 1.807) is 18.2 Å². The third kappa shape index (κ3) is 10.2. The Labute approximate surface area is 282 Å². The van der Waals surface area contributed by atoms with Crippen LogP contribution in [0.1, 0.15) is 30.5 Å². The van der Waals surface area contributed by atoms with Crippen LogP contribution in [0.2, 0.25) is 0 Å². The standard InChI is InChI=1S/C35H47N5O5S2/c1-24(2)21-40(47(43,44)28-15-16-29-32(20-28)46-35(38-29)36-17-18-39(5)6)22-31(41)30(19-27-13-8-7-9-14-27)37-33(42)23-45-34-25(3)11-10-12-26(34)4/h7-16,20,24,30-31,41H,17-19,21-23H2,1-6H3,(H,36,38)(H,37,42)/t30-,31+/m0/s1. The number of benzene rings is 3. The first-order valence-corrected chi connectivity index (χ1v) is 18.1. The molecule has 4 rings (SSSR count). The first kappa shape index (κ1) is 36.3. The van der Waals surface area contributed by atoms with Gasteiger partial charge in [-0.2, -0.15) is 4.31 Å². The topological polar surface area (TPSA) is 124 Å². The monoisotopic (exact) mass is 681 g/mol. The maximum absolute atomic E-state index is 14.1. The zero-order valence-electron chi connectivity index (χ0n) is 28.1. The highest BCUT2D eigenvalue weighted by atomic mass is 32.2. The molecule has 3 N–H and O–H groups in total. The average Bonchev–Trinajstić information content (AvgIpc) is 3.42. The molecule has 1 amide bonds. The maximum Gasteiger partial charge on any atom is 0.258 e. The minimum absolute atomic E-state index is 0.00970. The molecule has 0 saturated heterocycles. The molecule has 0 unspecified atom stereocenters. The van der Waals surface area contributed by atoms with Crippen molar-refractivity contribution >= 4 is 42.6 Å². The summed E-state index contributed by atoms with van der Waals surface area (Å²) in [6.45, 7) is 9.01. The fraction of sp³-hybridized carbons (Fsp3) is 0.429. The van der Waals surface area contributed by atoms with E-state index in [1.807, 2.05) is 90.3 Å². The van der Waals surface area contributed by atoms with Gasteiger partial charge < -0.3 is 25.4 Å². The summed E-state index contributed by atoms with van der Waals surface area (Å²) in [6.07, 6.45) is -0.893. The van der Waals surface area contributed by atoms with Crippen LogP contribution < -0.4 is 15.4 Å². The molecule has 1 aromatic heterocycles. The van der Waals surface area contributed by atoms with Crippen LogP contribution in [0.3, 0.4) is 0 Å². The smallest absolute Gasteiger partial charge is 0.258 e. The molecular formula is C35H47N5O5S2. The molecule has 0 bridgehead atoms. The highest BCUT2D eigenvalue weighted by Gasteiger charge is 2.32. The van der Waals surface area contributed by atoms with Crippen molar-refractivity contribution in [3.05, 3.63) is 83.4 Å². The van der Waals surface area contributed by atoms with Gasteiger partial charge in [-0.3, -0.25) is 4.79 Å². The number of hydrogen-bond acceptors (Lipinski definition) is 9. The third-order valence-electron chi connectivity index (χ3n) is 7.66. The van der Waals surface area contributed by atoms with Crippen LogP contribution in [0.4, 0.5) is 5.13 Å². The van der Waals surface area contributed by atoms with Crippen LogP contribution in [0.15, 0.2) is 71.6 Å². The molecular weight excluding hydrogens is 635 g/mol. The lowest BCUT2D eigenvalue weighted by Gasteiger charge is -2.30. The van der Waals surface area contributed by atoms with Gasteiger partial charge in [-0.25, -0.2) is 13.4 Å². The Morgan fingerprint density at radius 3 is 2.36 bits per heavy atom. The van der Waals surface area contributed by atoms with Crippen molar-refractivity contribution in [3.8, 4) is 5.75 Å². The predicted molar refractivity (Wildman–Crippen MR) is 190 cm³/mol. The lowest BCUT2D eigenvalue weighted by molar-refractivity contribution is -0.124. The van der Waals surface area contributed by atoms with E-state index in [9.17, 15) is 18.3 Å². The number of fused-ring (bicyclic) bond motifs is 1. The number of amides is 1. The SMILES string of the molecule is Cc1cccc(C)c1OCC(=O)N[C@@H](Cc1ccccc1)[C@H](O)CN(CC(C)C)S(=O)(=O)c1ccc2nc(NCCN(C)C)sc2c1. The summed E-state index contributed by atoms with van der Waals surface area (Å²) in [5, 5.41) is 18.6. The zero-order chi connectivity index (χ0) is 34.1. The number of aryl methyl sites for hydroxylation is 2. The molecule has 0 fully saturated rings. The van der Waals surface area contributed by atoms with E-state index in [4.69, 9.17) is 4.74 Å². The van der Waals surface area contributed by atoms with Crippen LogP contribution in [0, 0.1) is 19.8 Å². The number of rotatable bonds is 17. The van der Waals surface area contributed by atoms with Crippen LogP contribution in [-0.4, -0.2) is 92.6 Å². The van der Waals surface area contributed by atoms with Crippen LogP contribution in [0.25, 0.3) is 10.2 Å². The van der Waals surface area contributed by atoms with E-state index in [-0.39, 0.29) is 30.5 Å². The number of nitrogens with zero attached hydrogens (tertiary/aromatic N) is 3. The molecule has 12 heteroatoms. The van der Waals surface area contributed by atoms with Crippen LogP contribution >= 0.6 is 11.3 Å². The van der Waals surface area contributed by atoms with E-state index in [0.717, 1.165) is 39.6 Å². The van der Waals surface area contributed by atoms with Gasteiger partial charge in [-0.1, -0.05) is 73.7 Å². The predicted octanol–water partition coefficient (Wildman–Crippen LogP) is 4.70. The van der Waals surface area contributed by atoms with Gasteiger partial charge in [0, 0.05) is 26.2 Å². The Bertz CT molecular complexity index is 1710. The van der Waals surface area contributed by atoms with Gasteiger partial charge >= 0.3 is 0 Å². The number of carbonyl (C=O) groups excluding carboxylic acids is 1. The second-order valence-corrected chi connectivity index (χ2v) is 15.5. The Balaban J connectivity index is 1.54. The molecule has 0 radical (unpaired) electrons. The largest absolute Gasteiger partial charge is 0.483 e. The number of sulfonamides is 1. The number of ether oxygens (including phenoxy) is 1. The summed E-state index contributed by atoms with van der Waals surface area (Å²) in [4.78, 5) is 20.0. The number of anilines is 1. The summed E-state index contributed by atoms with van der Waals surface area (Å²) >= 11 is 1.40. The summed E-state index contributed by atoms with van der Waals surface area (Å²) in [6, 6.07) is 19.4. The van der Waals surface area contributed by atoms with Crippen LogP contribution in [0.5, 0.6) is 5.75 Å². The van der Waals surface area contributed by atoms with Gasteiger partial charge in [0.1, 0.15) is 5.75 Å². The Morgan fingerprint density at radius 2 is 1.70 bits per heavy atom. The number of carbonyl (C=O) groups is 1. The summed E-state index contributed by atoms with van der Waals surface area (Å²) < 4.78 is 36.1. The fourth-order valence-corrected chi connectivity index (χ4v) is 7.91. The first-order chi connectivity index (χ1) is 22.3. The molecule has 0 aliphatic rings. The van der Waals surface area contributed by atoms with Crippen molar-refractivity contribution < 1.29 is 23.1 Å². The second kappa shape index (κ2) is 16.5. The summed E-state index contributed by atoms with van der Waals surface area (Å²) in [7, 11) is -0.0108. The molecule has 254 valence electrons. The first-order valence-electron chi connectivity index (χ1n) is 15.8. The second-order valence-electron chi connectivity index (χ2n) is 12.5.